The fourth-order valence-electron chi connectivity index (χ4n) is 2.10. The van der Waals surface area contributed by atoms with Gasteiger partial charge in [0.05, 0.1) is 0 Å². The van der Waals surface area contributed by atoms with E-state index in [0.29, 0.717) is 16.8 Å². The van der Waals surface area contributed by atoms with Crippen molar-refractivity contribution in [2.24, 2.45) is 0 Å². The Morgan fingerprint density at radius 2 is 1.85 bits per heavy atom. The molecule has 1 atom stereocenters. The average Bonchev–Trinajstić information content (AvgIpc) is 2.60. The molecule has 0 aromatic heterocycles. The number of benzene rings is 2. The molecule has 5 nitrogen and oxygen atoms in total. The lowest BCUT2D eigenvalue weighted by molar-refractivity contribution is -0.148. The predicted molar refractivity (Wildman–Crippen MR) is 96.1 cm³/mol. The van der Waals surface area contributed by atoms with E-state index in [-0.39, 0.29) is 5.78 Å². The van der Waals surface area contributed by atoms with Crippen molar-refractivity contribution in [2.45, 2.75) is 20.0 Å². The van der Waals surface area contributed by atoms with Crippen molar-refractivity contribution in [1.29, 1.82) is 0 Å². The van der Waals surface area contributed by atoms with Crippen LogP contribution >= 0.6 is 0 Å². The fourth-order valence-corrected chi connectivity index (χ4v) is 2.10. The first-order chi connectivity index (χ1) is 12.3. The van der Waals surface area contributed by atoms with Gasteiger partial charge in [0.25, 0.3) is 5.91 Å². The molecular weight excluding hydrogens is 337 g/mol. The van der Waals surface area contributed by atoms with Crippen molar-refractivity contribution in [3.63, 3.8) is 0 Å². The number of carbonyl (C=O) groups is 3. The molecule has 0 aliphatic rings. The Morgan fingerprint density at radius 1 is 1.12 bits per heavy atom. The summed E-state index contributed by atoms with van der Waals surface area (Å²) in [5.41, 5.74) is 1.39. The number of hydrogen-bond acceptors (Lipinski definition) is 4. The van der Waals surface area contributed by atoms with Crippen LogP contribution in [0.1, 0.15) is 29.8 Å². The second-order valence-electron chi connectivity index (χ2n) is 5.59. The number of hydrogen-bond donors (Lipinski definition) is 1. The van der Waals surface area contributed by atoms with Gasteiger partial charge in [-0.1, -0.05) is 24.3 Å². The van der Waals surface area contributed by atoms with E-state index in [1.807, 2.05) is 0 Å². The number of ketones is 1. The lowest BCUT2D eigenvalue weighted by atomic mass is 10.1. The minimum absolute atomic E-state index is 0.122. The molecule has 0 saturated carbocycles. The van der Waals surface area contributed by atoms with Gasteiger partial charge in [-0.05, 0) is 49.8 Å². The molecule has 0 aliphatic carbocycles. The highest BCUT2D eigenvalue weighted by atomic mass is 19.1. The third kappa shape index (κ3) is 5.66. The first-order valence-electron chi connectivity index (χ1n) is 7.91. The highest BCUT2D eigenvalue weighted by molar-refractivity contribution is 5.99. The summed E-state index contributed by atoms with van der Waals surface area (Å²) in [6.07, 6.45) is 1.47. The molecular formula is C20H18FNO4. The zero-order chi connectivity index (χ0) is 19.1. The van der Waals surface area contributed by atoms with Gasteiger partial charge in [0.15, 0.2) is 11.9 Å². The number of ether oxygens (including phenoxy) is 1. The van der Waals surface area contributed by atoms with Gasteiger partial charge >= 0.3 is 5.97 Å². The first-order valence-corrected chi connectivity index (χ1v) is 7.91. The van der Waals surface area contributed by atoms with Gasteiger partial charge < -0.3 is 10.1 Å². The van der Waals surface area contributed by atoms with Gasteiger partial charge in [0.1, 0.15) is 5.82 Å². The molecule has 2 aromatic carbocycles. The molecule has 2 rings (SSSR count). The van der Waals surface area contributed by atoms with E-state index >= 15 is 0 Å². The molecule has 134 valence electrons. The van der Waals surface area contributed by atoms with Crippen LogP contribution in [0, 0.1) is 5.82 Å². The molecule has 0 bridgehead atoms. The molecule has 0 radical (unpaired) electrons. The van der Waals surface area contributed by atoms with Crippen LogP contribution < -0.4 is 5.32 Å². The van der Waals surface area contributed by atoms with Crippen LogP contribution in [-0.2, 0) is 14.3 Å². The Kier molecular flexibility index (Phi) is 6.38. The van der Waals surface area contributed by atoms with Crippen molar-refractivity contribution < 1.29 is 23.5 Å². The van der Waals surface area contributed by atoms with Crippen molar-refractivity contribution in [3.05, 3.63) is 71.6 Å². The monoisotopic (exact) mass is 355 g/mol. The summed E-state index contributed by atoms with van der Waals surface area (Å²) < 4.78 is 18.1. The maximum atomic E-state index is 13.1. The highest BCUT2D eigenvalue weighted by Crippen LogP contribution is 2.12. The number of anilines is 1. The summed E-state index contributed by atoms with van der Waals surface area (Å²) in [6, 6.07) is 12.2. The molecule has 1 amide bonds. The quantitative estimate of drug-likeness (QED) is 0.488. The minimum atomic E-state index is -1.04. The number of halogens is 1. The van der Waals surface area contributed by atoms with Gasteiger partial charge in [0, 0.05) is 17.3 Å². The van der Waals surface area contributed by atoms with E-state index in [4.69, 9.17) is 4.74 Å². The Morgan fingerprint density at radius 3 is 2.54 bits per heavy atom. The lowest BCUT2D eigenvalue weighted by Crippen LogP contribution is -2.29. The van der Waals surface area contributed by atoms with Crippen LogP contribution in [0.4, 0.5) is 10.1 Å². The van der Waals surface area contributed by atoms with Gasteiger partial charge in [-0.15, -0.1) is 0 Å². The second kappa shape index (κ2) is 8.71. The van der Waals surface area contributed by atoms with Crippen LogP contribution in [0.15, 0.2) is 54.6 Å². The zero-order valence-electron chi connectivity index (χ0n) is 14.4. The van der Waals surface area contributed by atoms with E-state index < -0.39 is 23.8 Å². The van der Waals surface area contributed by atoms with E-state index in [9.17, 15) is 18.8 Å². The molecule has 0 saturated heterocycles. The third-order valence-electron chi connectivity index (χ3n) is 3.46. The normalized spacial score (nSPS) is 11.8. The lowest BCUT2D eigenvalue weighted by Gasteiger charge is -2.12. The summed E-state index contributed by atoms with van der Waals surface area (Å²) in [6.45, 7) is 2.86. The Labute approximate surface area is 150 Å². The Bertz CT molecular complexity index is 860. The number of nitrogens with one attached hydrogen (secondary N) is 1. The summed E-state index contributed by atoms with van der Waals surface area (Å²) in [5, 5.41) is 2.58. The van der Waals surface area contributed by atoms with Gasteiger partial charge in [-0.25, -0.2) is 9.18 Å². The minimum Gasteiger partial charge on any atom is -0.449 e. The standard InChI is InChI=1S/C20H18FNO4/c1-13(23)16-6-4-8-18(12-16)22-20(25)14(2)26-19(24)10-9-15-5-3-7-17(21)11-15/h3-12,14H,1-2H3,(H,22,25)/b10-9+/t14-/m1/s1. The summed E-state index contributed by atoms with van der Waals surface area (Å²) in [5.74, 6) is -1.79. The SMILES string of the molecule is CC(=O)c1cccc(NC(=O)[C@@H](C)OC(=O)/C=C/c2cccc(F)c2)c1. The average molecular weight is 355 g/mol. The molecule has 0 aliphatic heterocycles. The van der Waals surface area contributed by atoms with Crippen molar-refractivity contribution in [3.8, 4) is 0 Å². The number of Topliss-reactive ketones (excluding diaryl/α,β-unsaturated/α-hetero) is 1. The maximum Gasteiger partial charge on any atom is 0.331 e. The molecule has 6 heteroatoms. The largest absolute Gasteiger partial charge is 0.449 e. The molecule has 2 aromatic rings. The van der Waals surface area contributed by atoms with Crippen molar-refractivity contribution in [1.82, 2.24) is 0 Å². The van der Waals surface area contributed by atoms with Gasteiger partial charge in [0.2, 0.25) is 0 Å². The molecule has 0 spiro atoms. The summed E-state index contributed by atoms with van der Waals surface area (Å²) >= 11 is 0. The fraction of sp³-hybridized carbons (Fsp3) is 0.150. The van der Waals surface area contributed by atoms with Crippen LogP contribution in [0.25, 0.3) is 6.08 Å². The number of amides is 1. The zero-order valence-corrected chi connectivity index (χ0v) is 14.4. The van der Waals surface area contributed by atoms with Crippen molar-refractivity contribution in [2.75, 3.05) is 5.32 Å². The highest BCUT2D eigenvalue weighted by Gasteiger charge is 2.17. The maximum absolute atomic E-state index is 13.1. The summed E-state index contributed by atoms with van der Waals surface area (Å²) in [4.78, 5) is 35.2. The van der Waals surface area contributed by atoms with E-state index in [2.05, 4.69) is 5.32 Å². The Hall–Kier alpha value is -3.28. The topological polar surface area (TPSA) is 72.5 Å². The van der Waals surface area contributed by atoms with E-state index in [1.54, 1.807) is 30.3 Å². The van der Waals surface area contributed by atoms with Crippen molar-refractivity contribution >= 4 is 29.4 Å². The molecule has 0 unspecified atom stereocenters. The molecule has 1 N–H and O–H groups in total. The van der Waals surface area contributed by atoms with Crippen LogP contribution in [0.3, 0.4) is 0 Å². The van der Waals surface area contributed by atoms with E-state index in [1.165, 1.54) is 38.1 Å². The predicted octanol–water partition coefficient (Wildman–Crippen LogP) is 3.61. The third-order valence-corrected chi connectivity index (χ3v) is 3.46. The molecule has 26 heavy (non-hydrogen) atoms. The number of rotatable bonds is 6. The van der Waals surface area contributed by atoms with Gasteiger partial charge in [-0.2, -0.15) is 0 Å². The molecule has 0 fully saturated rings. The van der Waals surface area contributed by atoms with Crippen LogP contribution in [0.2, 0.25) is 0 Å². The Balaban J connectivity index is 1.93. The van der Waals surface area contributed by atoms with Crippen LogP contribution in [-0.4, -0.2) is 23.8 Å². The summed E-state index contributed by atoms with van der Waals surface area (Å²) in [7, 11) is 0. The second-order valence-corrected chi connectivity index (χ2v) is 5.59. The van der Waals surface area contributed by atoms with Crippen LogP contribution in [0.5, 0.6) is 0 Å². The van der Waals surface area contributed by atoms with E-state index in [0.717, 1.165) is 6.08 Å². The van der Waals surface area contributed by atoms with Gasteiger partial charge in [-0.3, -0.25) is 9.59 Å². The first kappa shape index (κ1) is 19.1. The number of carbonyl (C=O) groups excluding carboxylic acids is 3. The smallest absolute Gasteiger partial charge is 0.331 e. The number of esters is 1. The molecule has 0 heterocycles.